The molecule has 4 nitrogen and oxygen atoms in total. The van der Waals surface area contributed by atoms with Crippen LogP contribution in [0.1, 0.15) is 43.5 Å². The predicted molar refractivity (Wildman–Crippen MR) is 87.6 cm³/mol. The number of aromatic nitrogens is 2. The molecular weight excluding hydrogens is 274 g/mol. The summed E-state index contributed by atoms with van der Waals surface area (Å²) in [6, 6.07) is 8.15. The maximum absolute atomic E-state index is 12.0. The summed E-state index contributed by atoms with van der Waals surface area (Å²) in [5.74, 6) is 0.707. The Balaban J connectivity index is 1.65. The molecule has 0 bridgehead atoms. The molecule has 1 aliphatic carbocycles. The Morgan fingerprint density at radius 1 is 1.27 bits per heavy atom. The third-order valence-electron chi connectivity index (χ3n) is 3.96. The van der Waals surface area contributed by atoms with Gasteiger partial charge in [0.05, 0.1) is 6.20 Å². The van der Waals surface area contributed by atoms with Crippen LogP contribution in [0.15, 0.2) is 36.7 Å². The number of nitrogens with one attached hydrogen (secondary N) is 1. The predicted octanol–water partition coefficient (Wildman–Crippen LogP) is 3.49. The number of aryl methyl sites for hydroxylation is 1. The minimum absolute atomic E-state index is 0.0293. The topological polar surface area (TPSA) is 46.9 Å². The van der Waals surface area contributed by atoms with E-state index < -0.39 is 0 Å². The zero-order valence-corrected chi connectivity index (χ0v) is 13.2. The van der Waals surface area contributed by atoms with Crippen molar-refractivity contribution < 1.29 is 4.79 Å². The normalized spacial score (nSPS) is 14.3. The molecule has 1 saturated carbocycles. The number of carbonyl (C=O) groups excluding carboxylic acids is 1. The largest absolute Gasteiger partial charge is 0.349 e. The summed E-state index contributed by atoms with van der Waals surface area (Å²) in [5.41, 5.74) is 2.92. The van der Waals surface area contributed by atoms with Crippen LogP contribution in [-0.2, 0) is 6.54 Å². The highest BCUT2D eigenvalue weighted by atomic mass is 16.1. The van der Waals surface area contributed by atoms with Crippen molar-refractivity contribution in [2.24, 2.45) is 5.92 Å². The van der Waals surface area contributed by atoms with E-state index >= 15 is 0 Å². The van der Waals surface area contributed by atoms with Gasteiger partial charge < -0.3 is 5.32 Å². The fraction of sp³-hybridized carbons (Fsp3) is 0.444. The van der Waals surface area contributed by atoms with Crippen LogP contribution in [0.4, 0.5) is 0 Å². The van der Waals surface area contributed by atoms with Gasteiger partial charge in [-0.25, -0.2) is 0 Å². The van der Waals surface area contributed by atoms with Gasteiger partial charge >= 0.3 is 0 Å². The third-order valence-corrected chi connectivity index (χ3v) is 3.96. The number of benzene rings is 1. The Labute approximate surface area is 131 Å². The average Bonchev–Trinajstić information content (AvgIpc) is 3.19. The number of amides is 1. The van der Waals surface area contributed by atoms with Crippen LogP contribution in [0.25, 0.3) is 11.1 Å². The molecule has 1 aromatic carbocycles. The van der Waals surface area contributed by atoms with Crippen LogP contribution in [0.2, 0.25) is 0 Å². The van der Waals surface area contributed by atoms with E-state index in [9.17, 15) is 4.79 Å². The Hall–Kier alpha value is -2.10. The van der Waals surface area contributed by atoms with E-state index in [1.165, 1.54) is 0 Å². The zero-order chi connectivity index (χ0) is 15.5. The molecule has 0 atom stereocenters. The van der Waals surface area contributed by atoms with E-state index in [0.29, 0.717) is 12.0 Å². The molecule has 0 unspecified atom stereocenters. The molecule has 0 saturated heterocycles. The lowest BCUT2D eigenvalue weighted by molar-refractivity contribution is 0.0951. The van der Waals surface area contributed by atoms with Gasteiger partial charge in [0.1, 0.15) is 0 Å². The van der Waals surface area contributed by atoms with Crippen LogP contribution < -0.4 is 5.32 Å². The van der Waals surface area contributed by atoms with E-state index in [-0.39, 0.29) is 5.91 Å². The van der Waals surface area contributed by atoms with Crippen molar-refractivity contribution in [2.45, 2.75) is 45.7 Å². The molecule has 3 rings (SSSR count). The van der Waals surface area contributed by atoms with Crippen molar-refractivity contribution in [3.8, 4) is 11.1 Å². The number of hydrogen-bond donors (Lipinski definition) is 1. The van der Waals surface area contributed by atoms with Crippen LogP contribution in [0, 0.1) is 5.92 Å². The Kier molecular flexibility index (Phi) is 4.27. The summed E-state index contributed by atoms with van der Waals surface area (Å²) in [6.07, 6.45) is 7.31. The summed E-state index contributed by atoms with van der Waals surface area (Å²) in [4.78, 5) is 12.0. The lowest BCUT2D eigenvalue weighted by Crippen LogP contribution is -2.25. The fourth-order valence-electron chi connectivity index (χ4n) is 2.34. The molecule has 2 aromatic rings. The number of rotatable bonds is 6. The van der Waals surface area contributed by atoms with Crippen LogP contribution in [0.3, 0.4) is 0 Å². The molecular formula is C18H23N3O. The smallest absolute Gasteiger partial charge is 0.251 e. The Morgan fingerprint density at radius 2 is 2.00 bits per heavy atom. The fourth-order valence-corrected chi connectivity index (χ4v) is 2.34. The number of carbonyl (C=O) groups is 1. The molecule has 1 aliphatic rings. The highest BCUT2D eigenvalue weighted by Gasteiger charge is 2.23. The van der Waals surface area contributed by atoms with Gasteiger partial charge in [0.25, 0.3) is 5.91 Å². The minimum atomic E-state index is 0.0293. The molecule has 1 heterocycles. The molecule has 22 heavy (non-hydrogen) atoms. The standard InChI is InChI=1S/C18H23N3O/c1-13(2)9-10-21-12-16(11-19-21)14-3-5-15(6-4-14)18(22)20-17-7-8-17/h3-6,11-13,17H,7-10H2,1-2H3,(H,20,22). The number of hydrogen-bond acceptors (Lipinski definition) is 2. The van der Waals surface area contributed by atoms with Crippen LogP contribution in [-0.4, -0.2) is 21.7 Å². The van der Waals surface area contributed by atoms with Gasteiger partial charge in [0, 0.05) is 29.9 Å². The Morgan fingerprint density at radius 3 is 2.64 bits per heavy atom. The van der Waals surface area contributed by atoms with Crippen molar-refractivity contribution in [3.05, 3.63) is 42.2 Å². The molecule has 0 aliphatic heterocycles. The summed E-state index contributed by atoms with van der Waals surface area (Å²) in [6.45, 7) is 5.38. The summed E-state index contributed by atoms with van der Waals surface area (Å²) in [5, 5.41) is 7.41. The molecule has 0 spiro atoms. The second kappa shape index (κ2) is 6.34. The zero-order valence-electron chi connectivity index (χ0n) is 13.2. The lowest BCUT2D eigenvalue weighted by atomic mass is 10.1. The van der Waals surface area contributed by atoms with E-state index in [0.717, 1.165) is 42.5 Å². The molecule has 1 fully saturated rings. The molecule has 1 amide bonds. The van der Waals surface area contributed by atoms with E-state index in [1.807, 2.05) is 35.1 Å². The van der Waals surface area contributed by atoms with Gasteiger partial charge in [-0.2, -0.15) is 5.10 Å². The van der Waals surface area contributed by atoms with Crippen LogP contribution in [0.5, 0.6) is 0 Å². The molecule has 4 heteroatoms. The van der Waals surface area contributed by atoms with Crippen molar-refractivity contribution in [2.75, 3.05) is 0 Å². The summed E-state index contributed by atoms with van der Waals surface area (Å²) in [7, 11) is 0. The third kappa shape index (κ3) is 3.75. The highest BCUT2D eigenvalue weighted by molar-refractivity contribution is 5.95. The van der Waals surface area contributed by atoms with Crippen molar-refractivity contribution in [1.29, 1.82) is 0 Å². The summed E-state index contributed by atoms with van der Waals surface area (Å²) < 4.78 is 1.99. The maximum Gasteiger partial charge on any atom is 0.251 e. The van der Waals surface area contributed by atoms with Gasteiger partial charge in [0.15, 0.2) is 0 Å². The van der Waals surface area contributed by atoms with E-state index in [4.69, 9.17) is 0 Å². The SMILES string of the molecule is CC(C)CCn1cc(-c2ccc(C(=O)NC3CC3)cc2)cn1. The molecule has 116 valence electrons. The maximum atomic E-state index is 12.0. The first kappa shape index (κ1) is 14.8. The summed E-state index contributed by atoms with van der Waals surface area (Å²) >= 11 is 0. The van der Waals surface area contributed by atoms with Gasteiger partial charge in [0.2, 0.25) is 0 Å². The average molecular weight is 297 g/mol. The van der Waals surface area contributed by atoms with Gasteiger partial charge in [-0.1, -0.05) is 26.0 Å². The first-order chi connectivity index (χ1) is 10.6. The van der Waals surface area contributed by atoms with Crippen LogP contribution >= 0.6 is 0 Å². The molecule has 1 aromatic heterocycles. The quantitative estimate of drug-likeness (QED) is 0.887. The second-order valence-electron chi connectivity index (χ2n) is 6.50. The number of nitrogens with zero attached hydrogens (tertiary/aromatic N) is 2. The monoisotopic (exact) mass is 297 g/mol. The Bertz CT molecular complexity index is 639. The van der Waals surface area contributed by atoms with E-state index in [2.05, 4.69) is 30.5 Å². The van der Waals surface area contributed by atoms with Gasteiger partial charge in [-0.05, 0) is 42.9 Å². The van der Waals surface area contributed by atoms with Gasteiger partial charge in [-0.15, -0.1) is 0 Å². The minimum Gasteiger partial charge on any atom is -0.349 e. The van der Waals surface area contributed by atoms with E-state index in [1.54, 1.807) is 0 Å². The first-order valence-corrected chi connectivity index (χ1v) is 8.05. The highest BCUT2D eigenvalue weighted by Crippen LogP contribution is 2.21. The van der Waals surface area contributed by atoms with Crippen molar-refractivity contribution in [3.63, 3.8) is 0 Å². The van der Waals surface area contributed by atoms with Crippen molar-refractivity contribution in [1.82, 2.24) is 15.1 Å². The first-order valence-electron chi connectivity index (χ1n) is 8.05. The molecule has 0 radical (unpaired) electrons. The molecule has 1 N–H and O–H groups in total. The van der Waals surface area contributed by atoms with Crippen molar-refractivity contribution >= 4 is 5.91 Å². The second-order valence-corrected chi connectivity index (χ2v) is 6.50. The lowest BCUT2D eigenvalue weighted by Gasteiger charge is -2.05. The van der Waals surface area contributed by atoms with Gasteiger partial charge in [-0.3, -0.25) is 9.48 Å².